The summed E-state index contributed by atoms with van der Waals surface area (Å²) >= 11 is 0. The summed E-state index contributed by atoms with van der Waals surface area (Å²) in [4.78, 5) is 9.57. The zero-order valence-electron chi connectivity index (χ0n) is 19.1. The Balaban J connectivity index is 0.00000320. The molecule has 2 saturated heterocycles. The molecule has 2 aliphatic rings. The number of morpholine rings is 1. The number of hydrogen-bond acceptors (Lipinski definition) is 4. The van der Waals surface area contributed by atoms with Gasteiger partial charge in [0.15, 0.2) is 5.96 Å². The molecule has 1 unspecified atom stereocenters. The first-order valence-corrected chi connectivity index (χ1v) is 11.1. The van der Waals surface area contributed by atoms with Gasteiger partial charge < -0.3 is 15.4 Å². The number of aliphatic imine (C=N–C) groups is 1. The molecular weight excluding hydrogens is 489 g/mol. The SMILES string of the molecule is CN=C(NCC(c1ccc(C)cc1)N1CCCC1)NCC(C)(C)N1CCOCC1.I. The predicted molar refractivity (Wildman–Crippen MR) is 136 cm³/mol. The predicted octanol–water partition coefficient (Wildman–Crippen LogP) is 3.03. The van der Waals surface area contributed by atoms with Crippen molar-refractivity contribution in [2.75, 3.05) is 59.5 Å². The Bertz CT molecular complexity index is 652. The summed E-state index contributed by atoms with van der Waals surface area (Å²) in [5.41, 5.74) is 2.76. The molecule has 0 aromatic heterocycles. The van der Waals surface area contributed by atoms with Crippen LogP contribution >= 0.6 is 24.0 Å². The number of aryl methyl sites for hydroxylation is 1. The van der Waals surface area contributed by atoms with E-state index in [1.54, 1.807) is 0 Å². The molecule has 1 aromatic rings. The fraction of sp³-hybridized carbons (Fsp3) is 0.696. The molecular formula is C23H40IN5O. The number of nitrogens with zero attached hydrogens (tertiary/aromatic N) is 3. The Labute approximate surface area is 199 Å². The van der Waals surface area contributed by atoms with Gasteiger partial charge in [-0.2, -0.15) is 0 Å². The van der Waals surface area contributed by atoms with E-state index in [1.807, 2.05) is 7.05 Å². The zero-order valence-corrected chi connectivity index (χ0v) is 21.4. The molecule has 2 heterocycles. The van der Waals surface area contributed by atoms with Crippen LogP contribution in [0.1, 0.15) is 43.9 Å². The van der Waals surface area contributed by atoms with Crippen LogP contribution in [-0.4, -0.2) is 80.8 Å². The average Bonchev–Trinajstić information content (AvgIpc) is 3.27. The highest BCUT2D eigenvalue weighted by Crippen LogP contribution is 2.25. The topological polar surface area (TPSA) is 52.1 Å². The summed E-state index contributed by atoms with van der Waals surface area (Å²) in [5, 5.41) is 7.14. The fourth-order valence-electron chi connectivity index (χ4n) is 4.29. The molecule has 6 nitrogen and oxygen atoms in total. The molecule has 0 saturated carbocycles. The zero-order chi connectivity index (χ0) is 20.7. The summed E-state index contributed by atoms with van der Waals surface area (Å²) in [6.07, 6.45) is 2.59. The minimum Gasteiger partial charge on any atom is -0.379 e. The lowest BCUT2D eigenvalue weighted by atomic mass is 10.0. The molecule has 1 atom stereocenters. The lowest BCUT2D eigenvalue weighted by Crippen LogP contribution is -2.56. The van der Waals surface area contributed by atoms with E-state index in [0.717, 1.165) is 45.4 Å². The fourth-order valence-corrected chi connectivity index (χ4v) is 4.29. The summed E-state index contributed by atoms with van der Waals surface area (Å²) in [6.45, 7) is 14.4. The Morgan fingerprint density at radius 3 is 2.30 bits per heavy atom. The summed E-state index contributed by atoms with van der Waals surface area (Å²) in [5.74, 6) is 0.877. The number of rotatable bonds is 7. The number of guanidine groups is 1. The van der Waals surface area contributed by atoms with Gasteiger partial charge in [-0.3, -0.25) is 14.8 Å². The maximum absolute atomic E-state index is 5.50. The number of hydrogen-bond donors (Lipinski definition) is 2. The third-order valence-electron chi connectivity index (χ3n) is 6.29. The number of nitrogens with one attached hydrogen (secondary N) is 2. The van der Waals surface area contributed by atoms with Crippen molar-refractivity contribution in [3.8, 4) is 0 Å². The van der Waals surface area contributed by atoms with E-state index >= 15 is 0 Å². The Kier molecular flexibility index (Phi) is 10.3. The molecule has 0 aliphatic carbocycles. The molecule has 7 heteroatoms. The first-order chi connectivity index (χ1) is 14.0. The third kappa shape index (κ3) is 7.07. The molecule has 0 spiro atoms. The third-order valence-corrected chi connectivity index (χ3v) is 6.29. The molecule has 0 bridgehead atoms. The molecule has 30 heavy (non-hydrogen) atoms. The van der Waals surface area contributed by atoms with Crippen molar-refractivity contribution < 1.29 is 4.74 Å². The Morgan fingerprint density at radius 1 is 1.07 bits per heavy atom. The number of likely N-dealkylation sites (tertiary alicyclic amines) is 1. The van der Waals surface area contributed by atoms with Crippen LogP contribution in [0.25, 0.3) is 0 Å². The van der Waals surface area contributed by atoms with Crippen molar-refractivity contribution >= 4 is 29.9 Å². The van der Waals surface area contributed by atoms with E-state index in [2.05, 4.69) is 70.5 Å². The largest absolute Gasteiger partial charge is 0.379 e. The molecule has 1 aromatic carbocycles. The van der Waals surface area contributed by atoms with Crippen LogP contribution in [0.4, 0.5) is 0 Å². The highest BCUT2D eigenvalue weighted by atomic mass is 127. The number of ether oxygens (including phenoxy) is 1. The van der Waals surface area contributed by atoms with Gasteiger partial charge in [-0.1, -0.05) is 29.8 Å². The van der Waals surface area contributed by atoms with Gasteiger partial charge in [0.2, 0.25) is 0 Å². The standard InChI is InChI=1S/C23H39N5O.HI/c1-19-7-9-20(10-8-19)21(27-11-5-6-12-27)17-25-22(24-4)26-18-23(2,3)28-13-15-29-16-14-28;/h7-10,21H,5-6,11-18H2,1-4H3,(H2,24,25,26);1H. The average molecular weight is 530 g/mol. The van der Waals surface area contributed by atoms with E-state index in [9.17, 15) is 0 Å². The maximum Gasteiger partial charge on any atom is 0.191 e. The van der Waals surface area contributed by atoms with Crippen molar-refractivity contribution in [1.82, 2.24) is 20.4 Å². The van der Waals surface area contributed by atoms with Gasteiger partial charge in [0.1, 0.15) is 0 Å². The summed E-state index contributed by atoms with van der Waals surface area (Å²) < 4.78 is 5.50. The van der Waals surface area contributed by atoms with Crippen molar-refractivity contribution in [2.24, 2.45) is 4.99 Å². The lowest BCUT2D eigenvalue weighted by Gasteiger charge is -2.41. The summed E-state index contributed by atoms with van der Waals surface area (Å²) in [7, 11) is 1.85. The van der Waals surface area contributed by atoms with E-state index in [4.69, 9.17) is 4.74 Å². The van der Waals surface area contributed by atoms with Crippen molar-refractivity contribution in [2.45, 2.75) is 45.2 Å². The first-order valence-electron chi connectivity index (χ1n) is 11.1. The van der Waals surface area contributed by atoms with Gasteiger partial charge >= 0.3 is 0 Å². The molecule has 2 aliphatic heterocycles. The number of benzene rings is 1. The van der Waals surface area contributed by atoms with Gasteiger partial charge in [-0.15, -0.1) is 24.0 Å². The molecule has 2 N–H and O–H groups in total. The molecule has 170 valence electrons. The summed E-state index contributed by atoms with van der Waals surface area (Å²) in [6, 6.07) is 9.37. The van der Waals surface area contributed by atoms with Gasteiger partial charge in [-0.25, -0.2) is 0 Å². The van der Waals surface area contributed by atoms with E-state index < -0.39 is 0 Å². The monoisotopic (exact) mass is 529 g/mol. The lowest BCUT2D eigenvalue weighted by molar-refractivity contribution is -0.00834. The second-order valence-corrected chi connectivity index (χ2v) is 8.89. The Morgan fingerprint density at radius 2 is 1.70 bits per heavy atom. The van der Waals surface area contributed by atoms with E-state index in [-0.39, 0.29) is 29.5 Å². The second kappa shape index (κ2) is 12.2. The Hall–Kier alpha value is -0.900. The minimum absolute atomic E-state index is 0. The highest BCUT2D eigenvalue weighted by molar-refractivity contribution is 14.0. The second-order valence-electron chi connectivity index (χ2n) is 8.89. The van der Waals surface area contributed by atoms with Crippen LogP contribution in [0.15, 0.2) is 29.3 Å². The van der Waals surface area contributed by atoms with Crippen LogP contribution in [0, 0.1) is 6.92 Å². The smallest absolute Gasteiger partial charge is 0.191 e. The van der Waals surface area contributed by atoms with Gasteiger partial charge in [-0.05, 0) is 52.3 Å². The molecule has 3 rings (SSSR count). The van der Waals surface area contributed by atoms with Crippen LogP contribution < -0.4 is 10.6 Å². The minimum atomic E-state index is 0. The van der Waals surface area contributed by atoms with E-state index in [1.165, 1.54) is 37.1 Å². The van der Waals surface area contributed by atoms with Gasteiger partial charge in [0, 0.05) is 38.8 Å². The van der Waals surface area contributed by atoms with Crippen molar-refractivity contribution in [1.29, 1.82) is 0 Å². The number of halogens is 1. The van der Waals surface area contributed by atoms with Crippen molar-refractivity contribution in [3.63, 3.8) is 0 Å². The first kappa shape index (κ1) is 25.4. The molecule has 2 fully saturated rings. The molecule has 0 radical (unpaired) electrons. The van der Waals surface area contributed by atoms with Crippen LogP contribution in [0.3, 0.4) is 0 Å². The normalized spacial score (nSPS) is 19.9. The quantitative estimate of drug-likeness (QED) is 0.323. The van der Waals surface area contributed by atoms with Crippen LogP contribution in [0.2, 0.25) is 0 Å². The van der Waals surface area contributed by atoms with Crippen molar-refractivity contribution in [3.05, 3.63) is 35.4 Å². The van der Waals surface area contributed by atoms with Crippen LogP contribution in [-0.2, 0) is 4.74 Å². The maximum atomic E-state index is 5.50. The van der Waals surface area contributed by atoms with Crippen LogP contribution in [0.5, 0.6) is 0 Å². The van der Waals surface area contributed by atoms with Gasteiger partial charge in [0.25, 0.3) is 0 Å². The molecule has 0 amide bonds. The highest BCUT2D eigenvalue weighted by Gasteiger charge is 2.29. The van der Waals surface area contributed by atoms with E-state index in [0.29, 0.717) is 6.04 Å². The van der Waals surface area contributed by atoms with Gasteiger partial charge in [0.05, 0.1) is 19.3 Å².